The third-order valence-corrected chi connectivity index (χ3v) is 5.29. The van der Waals surface area contributed by atoms with Gasteiger partial charge < -0.3 is 10.5 Å². The second kappa shape index (κ2) is 6.07. The molecule has 0 saturated carbocycles. The van der Waals surface area contributed by atoms with Gasteiger partial charge in [-0.3, -0.25) is 4.72 Å². The number of hydrogen-bond donors (Lipinski definition) is 3. The maximum absolute atomic E-state index is 12.3. The lowest BCUT2D eigenvalue weighted by Crippen LogP contribution is -2.17. The van der Waals surface area contributed by atoms with Gasteiger partial charge in [-0.25, -0.2) is 22.0 Å². The smallest absolute Gasteiger partial charge is 0.261 e. The number of anilines is 2. The van der Waals surface area contributed by atoms with Gasteiger partial charge in [0, 0.05) is 5.69 Å². The number of methoxy groups -OCH3 is 1. The zero-order valence-corrected chi connectivity index (χ0v) is 13.7. The number of ether oxygens (including phenoxy) is 1. The van der Waals surface area contributed by atoms with E-state index in [0.29, 0.717) is 11.4 Å². The van der Waals surface area contributed by atoms with Crippen LogP contribution in [0, 0.1) is 0 Å². The van der Waals surface area contributed by atoms with Crippen molar-refractivity contribution < 1.29 is 21.6 Å². The molecule has 0 aliphatic carbocycles. The molecule has 0 bridgehead atoms. The summed E-state index contributed by atoms with van der Waals surface area (Å²) in [5.41, 5.74) is 5.68. The van der Waals surface area contributed by atoms with Crippen molar-refractivity contribution in [1.82, 2.24) is 0 Å². The standard InChI is InChI=1S/C13H15N3O5S2/c1-21-10-4-2-9(3-5-10)16-23(19,20)11-6-7-12(14)13(8-11)22(15,17)18/h2-8,16H,14H2,1H3,(H2,15,17,18). The molecule has 8 nitrogen and oxygen atoms in total. The van der Waals surface area contributed by atoms with Gasteiger partial charge in [-0.2, -0.15) is 0 Å². The lowest BCUT2D eigenvalue weighted by Gasteiger charge is -2.10. The number of hydrogen-bond acceptors (Lipinski definition) is 6. The molecule has 124 valence electrons. The Morgan fingerprint density at radius 1 is 1.00 bits per heavy atom. The van der Waals surface area contributed by atoms with Gasteiger partial charge in [-0.1, -0.05) is 0 Å². The summed E-state index contributed by atoms with van der Waals surface area (Å²) in [4.78, 5) is -0.721. The molecule has 0 aliphatic rings. The van der Waals surface area contributed by atoms with Crippen molar-refractivity contribution >= 4 is 31.4 Å². The molecule has 23 heavy (non-hydrogen) atoms. The SMILES string of the molecule is COc1ccc(NS(=O)(=O)c2ccc(N)c(S(N)(=O)=O)c2)cc1. The van der Waals surface area contributed by atoms with Crippen molar-refractivity contribution in [3.63, 3.8) is 0 Å². The molecule has 2 aromatic rings. The van der Waals surface area contributed by atoms with E-state index in [-0.39, 0.29) is 10.6 Å². The van der Waals surface area contributed by atoms with Gasteiger partial charge in [-0.05, 0) is 42.5 Å². The van der Waals surface area contributed by atoms with E-state index in [0.717, 1.165) is 6.07 Å². The zero-order chi connectivity index (χ0) is 17.3. The quantitative estimate of drug-likeness (QED) is 0.673. The Bertz CT molecular complexity index is 923. The van der Waals surface area contributed by atoms with E-state index in [1.165, 1.54) is 31.4 Å². The normalized spacial score (nSPS) is 11.9. The molecule has 10 heteroatoms. The minimum absolute atomic E-state index is 0.129. The Morgan fingerprint density at radius 2 is 1.61 bits per heavy atom. The third-order valence-electron chi connectivity index (χ3n) is 2.94. The number of sulfonamides is 2. The highest BCUT2D eigenvalue weighted by molar-refractivity contribution is 7.93. The summed E-state index contributed by atoms with van der Waals surface area (Å²) in [7, 11) is -6.64. The average molecular weight is 357 g/mol. The minimum atomic E-state index is -4.13. The summed E-state index contributed by atoms with van der Waals surface area (Å²) in [5, 5.41) is 5.02. The highest BCUT2D eigenvalue weighted by Crippen LogP contribution is 2.24. The van der Waals surface area contributed by atoms with Crippen molar-refractivity contribution in [3.05, 3.63) is 42.5 Å². The number of nitrogens with two attached hydrogens (primary N) is 2. The molecule has 2 aromatic carbocycles. The van der Waals surface area contributed by atoms with Gasteiger partial charge in [0.1, 0.15) is 10.6 Å². The number of primary sulfonamides is 1. The predicted octanol–water partition coefficient (Wildman–Crippen LogP) is 0.726. The zero-order valence-electron chi connectivity index (χ0n) is 12.1. The fraction of sp³-hybridized carbons (Fsp3) is 0.0769. The molecule has 0 radical (unpaired) electrons. The number of benzene rings is 2. The fourth-order valence-corrected chi connectivity index (χ4v) is 3.65. The first kappa shape index (κ1) is 17.1. The first-order valence-electron chi connectivity index (χ1n) is 6.23. The van der Waals surface area contributed by atoms with E-state index < -0.39 is 24.9 Å². The van der Waals surface area contributed by atoms with Crippen LogP contribution in [0.5, 0.6) is 5.75 Å². The molecular weight excluding hydrogens is 342 g/mol. The van der Waals surface area contributed by atoms with Crippen LogP contribution in [0.2, 0.25) is 0 Å². The lowest BCUT2D eigenvalue weighted by atomic mass is 10.3. The Hall–Kier alpha value is -2.30. The van der Waals surface area contributed by atoms with Crippen molar-refractivity contribution in [2.75, 3.05) is 17.6 Å². The second-order valence-electron chi connectivity index (χ2n) is 4.58. The summed E-state index contributed by atoms with van der Waals surface area (Å²) >= 11 is 0. The van der Waals surface area contributed by atoms with Gasteiger partial charge in [-0.15, -0.1) is 0 Å². The van der Waals surface area contributed by atoms with Crippen LogP contribution in [0.15, 0.2) is 52.3 Å². The van der Waals surface area contributed by atoms with E-state index in [1.54, 1.807) is 12.1 Å². The number of nitrogen functional groups attached to an aromatic ring is 1. The summed E-state index contributed by atoms with van der Waals surface area (Å²) < 4.78 is 54.8. The summed E-state index contributed by atoms with van der Waals surface area (Å²) in [5.74, 6) is 0.567. The van der Waals surface area contributed by atoms with Crippen LogP contribution in [0.4, 0.5) is 11.4 Å². The predicted molar refractivity (Wildman–Crippen MR) is 86.0 cm³/mol. The molecule has 0 aromatic heterocycles. The van der Waals surface area contributed by atoms with Crippen LogP contribution >= 0.6 is 0 Å². The van der Waals surface area contributed by atoms with Crippen LogP contribution in [-0.4, -0.2) is 23.9 Å². The second-order valence-corrected chi connectivity index (χ2v) is 7.79. The van der Waals surface area contributed by atoms with Crippen LogP contribution < -0.4 is 20.3 Å². The van der Waals surface area contributed by atoms with Crippen LogP contribution in [0.3, 0.4) is 0 Å². The van der Waals surface area contributed by atoms with Gasteiger partial charge in [0.15, 0.2) is 0 Å². The number of nitrogens with one attached hydrogen (secondary N) is 1. The van der Waals surface area contributed by atoms with Crippen molar-refractivity contribution in [3.8, 4) is 5.75 Å². The molecule has 0 unspecified atom stereocenters. The van der Waals surface area contributed by atoms with Gasteiger partial charge in [0.05, 0.1) is 17.7 Å². The molecule has 0 atom stereocenters. The average Bonchev–Trinajstić information content (AvgIpc) is 2.46. The molecule has 0 spiro atoms. The van der Waals surface area contributed by atoms with E-state index in [1.807, 2.05) is 0 Å². The lowest BCUT2D eigenvalue weighted by molar-refractivity contribution is 0.415. The molecule has 0 fully saturated rings. The van der Waals surface area contributed by atoms with Crippen LogP contribution in [0.1, 0.15) is 0 Å². The summed E-state index contributed by atoms with van der Waals surface area (Å²) in [6, 6.07) is 9.45. The molecular formula is C13H15N3O5S2. The van der Waals surface area contributed by atoms with E-state index in [4.69, 9.17) is 15.6 Å². The fourth-order valence-electron chi connectivity index (χ4n) is 1.80. The van der Waals surface area contributed by atoms with E-state index in [2.05, 4.69) is 4.72 Å². The first-order valence-corrected chi connectivity index (χ1v) is 9.25. The molecule has 0 heterocycles. The van der Waals surface area contributed by atoms with Crippen LogP contribution in [-0.2, 0) is 20.0 Å². The summed E-state index contributed by atoms with van der Waals surface area (Å²) in [6.45, 7) is 0. The van der Waals surface area contributed by atoms with Crippen LogP contribution in [0.25, 0.3) is 0 Å². The summed E-state index contributed by atoms with van der Waals surface area (Å²) in [6.07, 6.45) is 0. The van der Waals surface area contributed by atoms with Gasteiger partial charge in [0.25, 0.3) is 10.0 Å². The Morgan fingerprint density at radius 3 is 2.13 bits per heavy atom. The molecule has 2 rings (SSSR count). The maximum atomic E-state index is 12.3. The Labute approximate surface area is 134 Å². The van der Waals surface area contributed by atoms with Crippen molar-refractivity contribution in [2.24, 2.45) is 5.14 Å². The minimum Gasteiger partial charge on any atom is -0.497 e. The molecule has 0 saturated heterocycles. The van der Waals surface area contributed by atoms with E-state index >= 15 is 0 Å². The Balaban J connectivity index is 2.39. The highest BCUT2D eigenvalue weighted by Gasteiger charge is 2.20. The maximum Gasteiger partial charge on any atom is 0.261 e. The van der Waals surface area contributed by atoms with Crippen molar-refractivity contribution in [2.45, 2.75) is 9.79 Å². The monoisotopic (exact) mass is 357 g/mol. The number of rotatable bonds is 5. The highest BCUT2D eigenvalue weighted by atomic mass is 32.2. The van der Waals surface area contributed by atoms with Crippen molar-refractivity contribution in [1.29, 1.82) is 0 Å². The molecule has 0 aliphatic heterocycles. The topological polar surface area (TPSA) is 142 Å². The van der Waals surface area contributed by atoms with Gasteiger partial charge >= 0.3 is 0 Å². The molecule has 0 amide bonds. The third kappa shape index (κ3) is 3.92. The largest absolute Gasteiger partial charge is 0.497 e. The molecule has 5 N–H and O–H groups in total. The van der Waals surface area contributed by atoms with E-state index in [9.17, 15) is 16.8 Å². The Kier molecular flexibility index (Phi) is 4.50. The van der Waals surface area contributed by atoms with Gasteiger partial charge in [0.2, 0.25) is 10.0 Å². The first-order chi connectivity index (χ1) is 10.6.